The zero-order valence-electron chi connectivity index (χ0n) is 12.1. The van der Waals surface area contributed by atoms with Crippen LogP contribution in [-0.2, 0) is 26.8 Å². The second kappa shape index (κ2) is 6.13. The monoisotopic (exact) mass is 321 g/mol. The number of amides is 1. The Morgan fingerprint density at radius 2 is 2.05 bits per heavy atom. The zero-order chi connectivity index (χ0) is 15.6. The number of halogens is 1. The lowest BCUT2D eigenvalue weighted by atomic mass is 10.0. The van der Waals surface area contributed by atoms with E-state index in [1.54, 1.807) is 0 Å². The van der Waals surface area contributed by atoms with Crippen molar-refractivity contribution >= 4 is 25.6 Å². The number of nitrogens with one attached hydrogen (secondary N) is 1. The van der Waals surface area contributed by atoms with Crippen molar-refractivity contribution in [3.05, 3.63) is 12.0 Å². The van der Waals surface area contributed by atoms with E-state index in [0.29, 0.717) is 12.2 Å². The molecule has 1 amide bonds. The summed E-state index contributed by atoms with van der Waals surface area (Å²) in [6.07, 6.45) is 2.60. The molecule has 0 saturated heterocycles. The van der Waals surface area contributed by atoms with Gasteiger partial charge in [0.1, 0.15) is 12.4 Å². The van der Waals surface area contributed by atoms with E-state index in [1.165, 1.54) is 10.8 Å². The molecular formula is C12H20ClN3O3S. The van der Waals surface area contributed by atoms with Crippen LogP contribution in [0, 0.1) is 0 Å². The number of aromatic nitrogens is 2. The first-order valence-corrected chi connectivity index (χ1v) is 8.71. The Bertz CT molecular complexity index is 593. The third-order valence-electron chi connectivity index (χ3n) is 3.08. The van der Waals surface area contributed by atoms with E-state index in [2.05, 4.69) is 10.3 Å². The van der Waals surface area contributed by atoms with Crippen molar-refractivity contribution in [2.75, 3.05) is 0 Å². The summed E-state index contributed by atoms with van der Waals surface area (Å²) in [6, 6.07) is 0. The summed E-state index contributed by atoms with van der Waals surface area (Å²) in [7, 11) is 1.38. The molecule has 0 atom stereocenters. The van der Waals surface area contributed by atoms with Crippen LogP contribution in [-0.4, -0.2) is 29.4 Å². The van der Waals surface area contributed by atoms with E-state index in [-0.39, 0.29) is 23.0 Å². The molecule has 0 saturated carbocycles. The molecule has 1 aromatic heterocycles. The van der Waals surface area contributed by atoms with Gasteiger partial charge in [0.15, 0.2) is 5.03 Å². The second-order valence-corrected chi connectivity index (χ2v) is 7.71. The van der Waals surface area contributed by atoms with Crippen molar-refractivity contribution < 1.29 is 13.2 Å². The summed E-state index contributed by atoms with van der Waals surface area (Å²) in [5, 5.41) is 2.66. The molecule has 1 rings (SSSR count). The fourth-order valence-electron chi connectivity index (χ4n) is 1.62. The number of hydrogen-bond donors (Lipinski definition) is 1. The van der Waals surface area contributed by atoms with Crippen LogP contribution in [0.5, 0.6) is 0 Å². The van der Waals surface area contributed by atoms with Gasteiger partial charge in [-0.25, -0.2) is 13.4 Å². The molecule has 8 heteroatoms. The first-order valence-electron chi connectivity index (χ1n) is 6.40. The van der Waals surface area contributed by atoms with Gasteiger partial charge in [0.05, 0.1) is 0 Å². The summed E-state index contributed by atoms with van der Waals surface area (Å²) in [4.78, 5) is 15.9. The Labute approximate surface area is 123 Å². The number of hydrogen-bond acceptors (Lipinski definition) is 4. The molecule has 6 nitrogen and oxygen atoms in total. The fraction of sp³-hybridized carbons (Fsp3) is 0.667. The lowest BCUT2D eigenvalue weighted by molar-refractivity contribution is -0.123. The van der Waals surface area contributed by atoms with Gasteiger partial charge in [-0.1, -0.05) is 13.8 Å². The van der Waals surface area contributed by atoms with Crippen LogP contribution >= 0.6 is 10.7 Å². The van der Waals surface area contributed by atoms with Crippen molar-refractivity contribution in [2.45, 2.75) is 57.6 Å². The number of rotatable bonds is 6. The van der Waals surface area contributed by atoms with E-state index < -0.39 is 9.05 Å². The molecule has 0 unspecified atom stereocenters. The summed E-state index contributed by atoms with van der Waals surface area (Å²) in [5.41, 5.74) is -0.300. The van der Waals surface area contributed by atoms with E-state index >= 15 is 0 Å². The molecule has 20 heavy (non-hydrogen) atoms. The van der Waals surface area contributed by atoms with Crippen molar-refractivity contribution in [3.8, 4) is 0 Å². The average Bonchev–Trinajstić information content (AvgIpc) is 2.71. The molecule has 0 fully saturated rings. The first kappa shape index (κ1) is 17.0. The number of aryl methyl sites for hydroxylation is 1. The van der Waals surface area contributed by atoms with Crippen LogP contribution in [0.4, 0.5) is 0 Å². The Morgan fingerprint density at radius 3 is 2.50 bits per heavy atom. The van der Waals surface area contributed by atoms with Gasteiger partial charge in [0, 0.05) is 28.8 Å². The molecule has 0 spiro atoms. The van der Waals surface area contributed by atoms with Crippen LogP contribution in [0.3, 0.4) is 0 Å². The van der Waals surface area contributed by atoms with E-state index in [0.717, 1.165) is 6.42 Å². The number of carbonyl (C=O) groups excluding carboxylic acids is 1. The second-order valence-electron chi connectivity index (χ2n) is 5.20. The molecule has 0 radical (unpaired) electrons. The third kappa shape index (κ3) is 4.49. The fourth-order valence-corrected chi connectivity index (χ4v) is 2.32. The lowest BCUT2D eigenvalue weighted by Crippen LogP contribution is -2.44. The van der Waals surface area contributed by atoms with Crippen LogP contribution in [0.15, 0.2) is 11.2 Å². The Morgan fingerprint density at radius 1 is 1.45 bits per heavy atom. The van der Waals surface area contributed by atoms with Gasteiger partial charge < -0.3 is 9.88 Å². The van der Waals surface area contributed by atoms with Crippen LogP contribution in [0.1, 0.15) is 39.9 Å². The van der Waals surface area contributed by atoms with Gasteiger partial charge in [-0.15, -0.1) is 0 Å². The highest BCUT2D eigenvalue weighted by Gasteiger charge is 2.21. The van der Waals surface area contributed by atoms with E-state index in [9.17, 15) is 13.2 Å². The molecule has 1 heterocycles. The highest BCUT2D eigenvalue weighted by Crippen LogP contribution is 2.15. The third-order valence-corrected chi connectivity index (χ3v) is 4.25. The molecule has 0 aliphatic rings. The van der Waals surface area contributed by atoms with Crippen molar-refractivity contribution in [1.82, 2.24) is 14.9 Å². The van der Waals surface area contributed by atoms with Crippen molar-refractivity contribution in [2.24, 2.45) is 0 Å². The molecular weight excluding hydrogens is 302 g/mol. The van der Waals surface area contributed by atoms with Gasteiger partial charge in [0.2, 0.25) is 5.91 Å². The quantitative estimate of drug-likeness (QED) is 0.808. The highest BCUT2D eigenvalue weighted by atomic mass is 35.7. The number of imidazole rings is 1. The maximum atomic E-state index is 12.0. The van der Waals surface area contributed by atoms with Gasteiger partial charge in [-0.2, -0.15) is 0 Å². The molecule has 114 valence electrons. The standard InChI is InChI=1S/C12H20ClN3O3S/c1-5-9-14-11(20(13,18)19)8-16(9)7-10(17)15-12(3,4)6-2/h8H,5-7H2,1-4H3,(H,15,17). The highest BCUT2D eigenvalue weighted by molar-refractivity contribution is 8.13. The lowest BCUT2D eigenvalue weighted by Gasteiger charge is -2.24. The number of nitrogens with zero attached hydrogens (tertiary/aromatic N) is 2. The largest absolute Gasteiger partial charge is 0.350 e. The van der Waals surface area contributed by atoms with Gasteiger partial charge in [0.25, 0.3) is 9.05 Å². The van der Waals surface area contributed by atoms with Crippen LogP contribution in [0.25, 0.3) is 0 Å². The number of carbonyl (C=O) groups is 1. The average molecular weight is 322 g/mol. The van der Waals surface area contributed by atoms with Crippen molar-refractivity contribution in [3.63, 3.8) is 0 Å². The molecule has 0 aliphatic carbocycles. The molecule has 0 bridgehead atoms. The minimum Gasteiger partial charge on any atom is -0.350 e. The minimum absolute atomic E-state index is 0.0199. The predicted octanol–water partition coefficient (Wildman–Crippen LogP) is 1.68. The molecule has 0 aliphatic heterocycles. The Hall–Kier alpha value is -1.08. The summed E-state index contributed by atoms with van der Waals surface area (Å²) >= 11 is 0. The molecule has 1 aromatic rings. The maximum absolute atomic E-state index is 12.0. The first-order chi connectivity index (χ1) is 9.09. The van der Waals surface area contributed by atoms with Crippen LogP contribution < -0.4 is 5.32 Å². The molecule has 0 aromatic carbocycles. The summed E-state index contributed by atoms with van der Waals surface area (Å²) in [5.74, 6) is 0.316. The van der Waals surface area contributed by atoms with Gasteiger partial charge in [-0.3, -0.25) is 4.79 Å². The van der Waals surface area contributed by atoms with Gasteiger partial charge in [-0.05, 0) is 20.3 Å². The predicted molar refractivity (Wildman–Crippen MR) is 77.2 cm³/mol. The van der Waals surface area contributed by atoms with E-state index in [1.807, 2.05) is 27.7 Å². The zero-order valence-corrected chi connectivity index (χ0v) is 13.7. The Balaban J connectivity index is 2.93. The normalized spacial score (nSPS) is 12.4. The smallest absolute Gasteiger partial charge is 0.280 e. The summed E-state index contributed by atoms with van der Waals surface area (Å²) in [6.45, 7) is 7.68. The molecule has 1 N–H and O–H groups in total. The van der Waals surface area contributed by atoms with Gasteiger partial charge >= 0.3 is 0 Å². The Kier molecular flexibility index (Phi) is 5.21. The van der Waals surface area contributed by atoms with Crippen LogP contribution in [0.2, 0.25) is 0 Å². The summed E-state index contributed by atoms with van der Waals surface area (Å²) < 4.78 is 24.0. The van der Waals surface area contributed by atoms with Crippen molar-refractivity contribution in [1.29, 1.82) is 0 Å². The minimum atomic E-state index is -3.88. The van der Waals surface area contributed by atoms with E-state index in [4.69, 9.17) is 10.7 Å². The maximum Gasteiger partial charge on any atom is 0.280 e. The SMILES string of the molecule is CCc1nc(S(=O)(=O)Cl)cn1CC(=O)NC(C)(C)CC. The topological polar surface area (TPSA) is 81.1 Å².